The molecule has 108 valence electrons. The van der Waals surface area contributed by atoms with Crippen LogP contribution in [0.1, 0.15) is 20.8 Å². The Bertz CT molecular complexity index is 571. The molecule has 20 heavy (non-hydrogen) atoms. The Labute approximate surface area is 122 Å². The number of benzene rings is 1. The van der Waals surface area contributed by atoms with E-state index in [-0.39, 0.29) is 0 Å². The summed E-state index contributed by atoms with van der Waals surface area (Å²) in [5.41, 5.74) is 1.10. The second-order valence-corrected chi connectivity index (χ2v) is 5.78. The average Bonchev–Trinajstić information content (AvgIpc) is 2.76. The predicted molar refractivity (Wildman–Crippen MR) is 80.4 cm³/mol. The van der Waals surface area contributed by atoms with Gasteiger partial charge in [-0.25, -0.2) is 14.7 Å². The average molecular weight is 296 g/mol. The van der Waals surface area contributed by atoms with Gasteiger partial charge in [0.15, 0.2) is 0 Å². The van der Waals surface area contributed by atoms with E-state index in [1.165, 1.54) is 4.90 Å². The fourth-order valence-electron chi connectivity index (χ4n) is 1.75. The Balaban J connectivity index is 2.30. The van der Waals surface area contributed by atoms with Crippen LogP contribution < -0.4 is 4.90 Å². The number of nitrogens with one attached hydrogen (secondary N) is 1. The molecule has 0 atom stereocenters. The fourth-order valence-corrected chi connectivity index (χ4v) is 1.92. The van der Waals surface area contributed by atoms with Crippen LogP contribution in [0.3, 0.4) is 0 Å². The number of nitrogens with zero attached hydrogens (tertiary/aromatic N) is 2. The molecule has 1 heterocycles. The van der Waals surface area contributed by atoms with E-state index >= 15 is 0 Å². The SMILES string of the molecule is CC(C)(C)OC(=O)N(CCCl)c1nc2ccccc2[nH]1. The van der Waals surface area contributed by atoms with Crippen molar-refractivity contribution in [2.45, 2.75) is 26.4 Å². The van der Waals surface area contributed by atoms with Crippen LogP contribution >= 0.6 is 11.6 Å². The number of para-hydroxylation sites is 2. The van der Waals surface area contributed by atoms with Gasteiger partial charge in [-0.05, 0) is 32.9 Å². The normalized spacial score (nSPS) is 11.6. The van der Waals surface area contributed by atoms with Crippen molar-refractivity contribution >= 4 is 34.7 Å². The number of carbonyl (C=O) groups is 1. The van der Waals surface area contributed by atoms with Gasteiger partial charge in [0.1, 0.15) is 5.60 Å². The number of alkyl halides is 1. The van der Waals surface area contributed by atoms with E-state index < -0.39 is 11.7 Å². The molecule has 0 bridgehead atoms. The summed E-state index contributed by atoms with van der Waals surface area (Å²) in [6, 6.07) is 7.58. The molecule has 0 spiro atoms. The zero-order chi connectivity index (χ0) is 14.8. The number of imidazole rings is 1. The summed E-state index contributed by atoms with van der Waals surface area (Å²) in [5.74, 6) is 0.747. The highest BCUT2D eigenvalue weighted by molar-refractivity contribution is 6.18. The standard InChI is InChI=1S/C14H18ClN3O2/c1-14(2,3)20-13(19)18(9-8-15)12-16-10-6-4-5-7-11(10)17-12/h4-7H,8-9H2,1-3H3,(H,16,17). The van der Waals surface area contributed by atoms with E-state index in [2.05, 4.69) is 9.97 Å². The molecule has 5 nitrogen and oxygen atoms in total. The molecule has 0 aliphatic rings. The zero-order valence-electron chi connectivity index (χ0n) is 11.8. The minimum atomic E-state index is -0.562. The van der Waals surface area contributed by atoms with Crippen molar-refractivity contribution in [2.75, 3.05) is 17.3 Å². The van der Waals surface area contributed by atoms with E-state index in [0.717, 1.165) is 11.0 Å². The monoisotopic (exact) mass is 295 g/mol. The van der Waals surface area contributed by atoms with E-state index in [4.69, 9.17) is 16.3 Å². The molecular formula is C14H18ClN3O2. The number of aromatic nitrogens is 2. The van der Waals surface area contributed by atoms with Crippen LogP contribution in [0.2, 0.25) is 0 Å². The number of H-pyrrole nitrogens is 1. The Morgan fingerprint density at radius 3 is 2.70 bits per heavy atom. The molecule has 0 aliphatic heterocycles. The maximum atomic E-state index is 12.2. The number of rotatable bonds is 3. The van der Waals surface area contributed by atoms with Crippen molar-refractivity contribution in [3.8, 4) is 0 Å². The van der Waals surface area contributed by atoms with Crippen LogP contribution in [0.25, 0.3) is 11.0 Å². The number of fused-ring (bicyclic) bond motifs is 1. The first-order valence-electron chi connectivity index (χ1n) is 6.42. The lowest BCUT2D eigenvalue weighted by Crippen LogP contribution is -2.38. The number of carbonyl (C=O) groups excluding carboxylic acids is 1. The third-order valence-electron chi connectivity index (χ3n) is 2.55. The van der Waals surface area contributed by atoms with Gasteiger partial charge in [0, 0.05) is 12.4 Å². The predicted octanol–water partition coefficient (Wildman–Crippen LogP) is 3.54. The summed E-state index contributed by atoms with van der Waals surface area (Å²) in [6.07, 6.45) is -0.461. The minimum absolute atomic E-state index is 0.302. The van der Waals surface area contributed by atoms with Crippen LogP contribution in [0.5, 0.6) is 0 Å². The van der Waals surface area contributed by atoms with Gasteiger partial charge >= 0.3 is 6.09 Å². The third kappa shape index (κ3) is 3.42. The quantitative estimate of drug-likeness (QED) is 0.881. The molecule has 1 N–H and O–H groups in total. The first kappa shape index (κ1) is 14.7. The number of amides is 1. The van der Waals surface area contributed by atoms with Crippen LogP contribution in [0.15, 0.2) is 24.3 Å². The number of hydrogen-bond donors (Lipinski definition) is 1. The van der Waals surface area contributed by atoms with Crippen molar-refractivity contribution in [3.63, 3.8) is 0 Å². The Morgan fingerprint density at radius 1 is 1.40 bits per heavy atom. The van der Waals surface area contributed by atoms with Gasteiger partial charge in [-0.2, -0.15) is 0 Å². The lowest BCUT2D eigenvalue weighted by Gasteiger charge is -2.25. The summed E-state index contributed by atoms with van der Waals surface area (Å²) < 4.78 is 5.37. The van der Waals surface area contributed by atoms with E-state index in [0.29, 0.717) is 18.4 Å². The van der Waals surface area contributed by atoms with E-state index in [9.17, 15) is 4.79 Å². The molecule has 1 amide bonds. The van der Waals surface area contributed by atoms with Gasteiger partial charge in [-0.1, -0.05) is 12.1 Å². The lowest BCUT2D eigenvalue weighted by atomic mass is 10.2. The molecule has 2 rings (SSSR count). The van der Waals surface area contributed by atoms with Crippen LogP contribution in [0.4, 0.5) is 10.7 Å². The highest BCUT2D eigenvalue weighted by Crippen LogP contribution is 2.19. The van der Waals surface area contributed by atoms with Crippen LogP contribution in [0, 0.1) is 0 Å². The van der Waals surface area contributed by atoms with Gasteiger partial charge in [0.2, 0.25) is 5.95 Å². The molecule has 1 aromatic heterocycles. The summed E-state index contributed by atoms with van der Waals surface area (Å²) >= 11 is 5.77. The number of halogens is 1. The molecule has 0 fully saturated rings. The number of hydrogen-bond acceptors (Lipinski definition) is 3. The van der Waals surface area contributed by atoms with Crippen molar-refractivity contribution in [2.24, 2.45) is 0 Å². The van der Waals surface area contributed by atoms with Crippen LogP contribution in [-0.2, 0) is 4.74 Å². The summed E-state index contributed by atoms with van der Waals surface area (Å²) in [5, 5.41) is 0. The van der Waals surface area contributed by atoms with Crippen molar-refractivity contribution in [1.29, 1.82) is 0 Å². The zero-order valence-corrected chi connectivity index (χ0v) is 12.6. The Kier molecular flexibility index (Phi) is 4.18. The van der Waals surface area contributed by atoms with Gasteiger partial charge in [-0.15, -0.1) is 11.6 Å². The van der Waals surface area contributed by atoms with Gasteiger partial charge in [0.25, 0.3) is 0 Å². The molecule has 1 aromatic carbocycles. The van der Waals surface area contributed by atoms with Gasteiger partial charge in [0.05, 0.1) is 11.0 Å². The highest BCUT2D eigenvalue weighted by atomic mass is 35.5. The lowest BCUT2D eigenvalue weighted by molar-refractivity contribution is 0.0580. The topological polar surface area (TPSA) is 58.2 Å². The third-order valence-corrected chi connectivity index (χ3v) is 2.72. The fraction of sp³-hybridized carbons (Fsp3) is 0.429. The van der Waals surface area contributed by atoms with Crippen molar-refractivity contribution in [3.05, 3.63) is 24.3 Å². The minimum Gasteiger partial charge on any atom is -0.443 e. The number of ether oxygens (including phenoxy) is 1. The molecule has 2 aromatic rings. The largest absolute Gasteiger partial charge is 0.443 e. The van der Waals surface area contributed by atoms with Gasteiger partial charge in [-0.3, -0.25) is 0 Å². The summed E-state index contributed by atoms with van der Waals surface area (Å²) in [7, 11) is 0. The van der Waals surface area contributed by atoms with Crippen LogP contribution in [-0.4, -0.2) is 34.1 Å². The first-order valence-corrected chi connectivity index (χ1v) is 6.95. The molecule has 0 saturated carbocycles. The molecule has 6 heteroatoms. The molecule has 0 aliphatic carbocycles. The Hall–Kier alpha value is -1.75. The molecule has 0 saturated heterocycles. The first-order chi connectivity index (χ1) is 9.40. The summed E-state index contributed by atoms with van der Waals surface area (Å²) in [6.45, 7) is 5.80. The molecular weight excluding hydrogens is 278 g/mol. The van der Waals surface area contributed by atoms with E-state index in [1.807, 2.05) is 45.0 Å². The van der Waals surface area contributed by atoms with Crippen molar-refractivity contribution < 1.29 is 9.53 Å². The maximum absolute atomic E-state index is 12.2. The summed E-state index contributed by atoms with van der Waals surface area (Å²) in [4.78, 5) is 21.1. The van der Waals surface area contributed by atoms with Crippen molar-refractivity contribution in [1.82, 2.24) is 9.97 Å². The second-order valence-electron chi connectivity index (χ2n) is 5.40. The maximum Gasteiger partial charge on any atom is 0.417 e. The number of anilines is 1. The smallest absolute Gasteiger partial charge is 0.417 e. The molecule has 0 radical (unpaired) electrons. The Morgan fingerprint density at radius 2 is 2.10 bits per heavy atom. The highest BCUT2D eigenvalue weighted by Gasteiger charge is 2.25. The van der Waals surface area contributed by atoms with E-state index in [1.54, 1.807) is 0 Å². The van der Waals surface area contributed by atoms with Gasteiger partial charge < -0.3 is 9.72 Å². The second kappa shape index (κ2) is 5.71. The molecule has 0 unspecified atom stereocenters. The number of aromatic amines is 1.